The van der Waals surface area contributed by atoms with Gasteiger partial charge in [0.05, 0.1) is 11.8 Å². The highest BCUT2D eigenvalue weighted by Gasteiger charge is 2.16. The van der Waals surface area contributed by atoms with Crippen LogP contribution in [0.15, 0.2) is 34.0 Å². The maximum atomic E-state index is 6.16. The van der Waals surface area contributed by atoms with E-state index >= 15 is 0 Å². The smallest absolute Gasteiger partial charge is 0.210 e. The van der Waals surface area contributed by atoms with Crippen molar-refractivity contribution in [1.82, 2.24) is 14.9 Å². The van der Waals surface area contributed by atoms with Crippen LogP contribution in [0.3, 0.4) is 0 Å². The highest BCUT2D eigenvalue weighted by Crippen LogP contribution is 2.28. The van der Waals surface area contributed by atoms with Crippen LogP contribution in [0.1, 0.15) is 28.0 Å². The lowest BCUT2D eigenvalue weighted by atomic mass is 10.0. The summed E-state index contributed by atoms with van der Waals surface area (Å²) < 4.78 is 6.84. The van der Waals surface area contributed by atoms with Crippen LogP contribution in [-0.2, 0) is 5.75 Å². The molecule has 1 aromatic carbocycles. The second-order valence-electron chi connectivity index (χ2n) is 5.73. The molecule has 2 heterocycles. The third kappa shape index (κ3) is 2.99. The topological polar surface area (TPSA) is 69.9 Å². The quantitative estimate of drug-likeness (QED) is 0.583. The molecule has 0 bridgehead atoms. The molecule has 2 N–H and O–H groups in total. The van der Waals surface area contributed by atoms with Gasteiger partial charge in [0.1, 0.15) is 5.76 Å². The van der Waals surface area contributed by atoms with Crippen molar-refractivity contribution < 1.29 is 4.42 Å². The van der Waals surface area contributed by atoms with Gasteiger partial charge in [0.2, 0.25) is 5.16 Å². The Hall–Kier alpha value is -2.21. The fourth-order valence-electron chi connectivity index (χ4n) is 2.75. The molecule has 5 nitrogen and oxygen atoms in total. The van der Waals surface area contributed by atoms with Crippen molar-refractivity contribution in [2.45, 2.75) is 38.6 Å². The average molecular weight is 328 g/mol. The Morgan fingerprint density at radius 2 is 1.83 bits per heavy atom. The molecule has 0 saturated heterocycles. The van der Waals surface area contributed by atoms with E-state index in [1.165, 1.54) is 26.9 Å². The molecule has 0 unspecified atom stereocenters. The molecule has 2 aromatic heterocycles. The largest absolute Gasteiger partial charge is 0.469 e. The first kappa shape index (κ1) is 15.7. The van der Waals surface area contributed by atoms with Gasteiger partial charge in [-0.3, -0.25) is 0 Å². The molecular formula is C17H20N4OS. The minimum atomic E-state index is 0.621. The van der Waals surface area contributed by atoms with Gasteiger partial charge in [-0.2, -0.15) is 0 Å². The van der Waals surface area contributed by atoms with Gasteiger partial charge >= 0.3 is 0 Å². The number of hydrogen-bond acceptors (Lipinski definition) is 5. The molecule has 23 heavy (non-hydrogen) atoms. The molecule has 0 fully saturated rings. The van der Waals surface area contributed by atoms with Crippen LogP contribution in [0.2, 0.25) is 0 Å². The number of aryl methyl sites for hydroxylation is 4. The molecule has 0 amide bonds. The Labute approximate surface area is 139 Å². The van der Waals surface area contributed by atoms with Crippen LogP contribution in [-0.4, -0.2) is 14.9 Å². The predicted octanol–water partition coefficient (Wildman–Crippen LogP) is 3.78. The molecule has 0 radical (unpaired) electrons. The van der Waals surface area contributed by atoms with Crippen LogP contribution in [0.4, 0.5) is 0 Å². The average Bonchev–Trinajstić information content (AvgIpc) is 3.04. The van der Waals surface area contributed by atoms with Crippen LogP contribution in [0.25, 0.3) is 11.4 Å². The van der Waals surface area contributed by atoms with Gasteiger partial charge in [-0.05, 0) is 50.5 Å². The molecule has 120 valence electrons. The van der Waals surface area contributed by atoms with Crippen LogP contribution in [0, 0.1) is 27.7 Å². The Kier molecular flexibility index (Phi) is 4.17. The third-order valence-corrected chi connectivity index (χ3v) is 4.92. The monoisotopic (exact) mass is 328 g/mol. The summed E-state index contributed by atoms with van der Waals surface area (Å²) in [5.74, 6) is 8.38. The SMILES string of the molecule is Cc1cc(C)c(CSc2nnc(-c3ccoc3C)n2N)c(C)c1. The van der Waals surface area contributed by atoms with Gasteiger partial charge in [0, 0.05) is 5.75 Å². The Bertz CT molecular complexity index is 827. The molecular weight excluding hydrogens is 308 g/mol. The van der Waals surface area contributed by atoms with E-state index in [9.17, 15) is 0 Å². The first-order valence-electron chi connectivity index (χ1n) is 7.42. The molecule has 0 aliphatic carbocycles. The van der Waals surface area contributed by atoms with E-state index in [2.05, 4.69) is 43.1 Å². The number of nitrogens with two attached hydrogens (primary N) is 1. The van der Waals surface area contributed by atoms with E-state index in [0.717, 1.165) is 17.1 Å². The number of aromatic nitrogens is 3. The summed E-state index contributed by atoms with van der Waals surface area (Å²) in [5, 5.41) is 9.11. The third-order valence-electron chi connectivity index (χ3n) is 3.95. The molecule has 0 spiro atoms. The fourth-order valence-corrected chi connectivity index (χ4v) is 3.80. The summed E-state index contributed by atoms with van der Waals surface area (Å²) in [6.45, 7) is 8.29. The van der Waals surface area contributed by atoms with Gasteiger partial charge < -0.3 is 10.3 Å². The van der Waals surface area contributed by atoms with E-state index in [4.69, 9.17) is 10.3 Å². The zero-order valence-electron chi connectivity index (χ0n) is 13.8. The summed E-state index contributed by atoms with van der Waals surface area (Å²) in [5.41, 5.74) is 6.07. The number of thioether (sulfide) groups is 1. The van der Waals surface area contributed by atoms with E-state index in [1.54, 1.807) is 18.0 Å². The number of nitrogen functional groups attached to an aromatic ring is 1. The first-order chi connectivity index (χ1) is 11.0. The molecule has 0 atom stereocenters. The standard InChI is InChI=1S/C17H20N4OS/c1-10-7-11(2)15(12(3)8-10)9-23-17-20-19-16(21(17)18)14-5-6-22-13(14)4/h5-8H,9,18H2,1-4H3. The summed E-state index contributed by atoms with van der Waals surface area (Å²) in [6.07, 6.45) is 1.63. The van der Waals surface area contributed by atoms with E-state index in [0.29, 0.717) is 11.0 Å². The summed E-state index contributed by atoms with van der Waals surface area (Å²) >= 11 is 1.59. The van der Waals surface area contributed by atoms with Crippen LogP contribution < -0.4 is 5.84 Å². The molecule has 3 rings (SSSR count). The van der Waals surface area contributed by atoms with E-state index < -0.39 is 0 Å². The van der Waals surface area contributed by atoms with Gasteiger partial charge in [-0.1, -0.05) is 29.5 Å². The number of benzene rings is 1. The lowest BCUT2D eigenvalue weighted by Gasteiger charge is -2.10. The van der Waals surface area contributed by atoms with Crippen molar-refractivity contribution in [1.29, 1.82) is 0 Å². The molecule has 6 heteroatoms. The van der Waals surface area contributed by atoms with Crippen LogP contribution >= 0.6 is 11.8 Å². The highest BCUT2D eigenvalue weighted by molar-refractivity contribution is 7.98. The van der Waals surface area contributed by atoms with Gasteiger partial charge in [0.15, 0.2) is 5.82 Å². The van der Waals surface area contributed by atoms with Crippen LogP contribution in [0.5, 0.6) is 0 Å². The number of nitrogens with zero attached hydrogens (tertiary/aromatic N) is 3. The maximum Gasteiger partial charge on any atom is 0.210 e. The molecule has 0 aliphatic heterocycles. The van der Waals surface area contributed by atoms with Crippen molar-refractivity contribution in [3.63, 3.8) is 0 Å². The molecule has 3 aromatic rings. The highest BCUT2D eigenvalue weighted by atomic mass is 32.2. The Balaban J connectivity index is 1.83. The molecule has 0 aliphatic rings. The lowest BCUT2D eigenvalue weighted by Crippen LogP contribution is -2.11. The van der Waals surface area contributed by atoms with Crippen molar-refractivity contribution in [2.24, 2.45) is 0 Å². The van der Waals surface area contributed by atoms with Crippen molar-refractivity contribution >= 4 is 11.8 Å². The Morgan fingerprint density at radius 1 is 1.13 bits per heavy atom. The second-order valence-corrected chi connectivity index (χ2v) is 6.68. The van der Waals surface area contributed by atoms with Gasteiger partial charge in [-0.15, -0.1) is 10.2 Å². The normalized spacial score (nSPS) is 11.1. The zero-order valence-corrected chi connectivity index (χ0v) is 14.6. The number of rotatable bonds is 4. The van der Waals surface area contributed by atoms with Gasteiger partial charge in [-0.25, -0.2) is 4.68 Å². The van der Waals surface area contributed by atoms with Gasteiger partial charge in [0.25, 0.3) is 0 Å². The van der Waals surface area contributed by atoms with Crippen molar-refractivity contribution in [3.05, 3.63) is 52.5 Å². The van der Waals surface area contributed by atoms with E-state index in [1.807, 2.05) is 13.0 Å². The maximum absolute atomic E-state index is 6.16. The van der Waals surface area contributed by atoms with Crippen molar-refractivity contribution in [3.8, 4) is 11.4 Å². The zero-order chi connectivity index (χ0) is 16.6. The second kappa shape index (κ2) is 6.12. The fraction of sp³-hybridized carbons (Fsp3) is 0.294. The summed E-state index contributed by atoms with van der Waals surface area (Å²) in [4.78, 5) is 0. The number of furan rings is 1. The van der Waals surface area contributed by atoms with E-state index in [-0.39, 0.29) is 0 Å². The predicted molar refractivity (Wildman–Crippen MR) is 92.8 cm³/mol. The lowest BCUT2D eigenvalue weighted by molar-refractivity contribution is 0.535. The van der Waals surface area contributed by atoms with Crippen molar-refractivity contribution in [2.75, 3.05) is 5.84 Å². The Morgan fingerprint density at radius 3 is 2.43 bits per heavy atom. The summed E-state index contributed by atoms with van der Waals surface area (Å²) in [6, 6.07) is 6.26. The summed E-state index contributed by atoms with van der Waals surface area (Å²) in [7, 11) is 0. The first-order valence-corrected chi connectivity index (χ1v) is 8.40. The minimum absolute atomic E-state index is 0.621. The molecule has 0 saturated carbocycles. The number of hydrogen-bond donors (Lipinski definition) is 1. The minimum Gasteiger partial charge on any atom is -0.469 e.